The van der Waals surface area contributed by atoms with Crippen LogP contribution in [-0.2, 0) is 10.8 Å². The molecule has 1 N–H and O–H groups in total. The van der Waals surface area contributed by atoms with E-state index in [0.717, 1.165) is 23.5 Å². The van der Waals surface area contributed by atoms with Crippen molar-refractivity contribution in [1.29, 1.82) is 0 Å². The van der Waals surface area contributed by atoms with Gasteiger partial charge >= 0.3 is 0 Å². The molecule has 0 radical (unpaired) electrons. The van der Waals surface area contributed by atoms with Gasteiger partial charge in [0.15, 0.2) is 0 Å². The fourth-order valence-electron chi connectivity index (χ4n) is 3.05. The maximum atomic E-state index is 12.8. The van der Waals surface area contributed by atoms with Gasteiger partial charge in [-0.25, -0.2) is 0 Å². The minimum Gasteiger partial charge on any atom is -0.497 e. The van der Waals surface area contributed by atoms with Crippen molar-refractivity contribution in [1.82, 2.24) is 5.32 Å². The Morgan fingerprint density at radius 3 is 2.79 bits per heavy atom. The summed E-state index contributed by atoms with van der Waals surface area (Å²) in [4.78, 5) is 0.863. The highest BCUT2D eigenvalue weighted by Gasteiger charge is 2.44. The summed E-state index contributed by atoms with van der Waals surface area (Å²) < 4.78 is 18.0. The number of hydrogen-bond acceptors (Lipinski definition) is 3. The molecule has 0 aliphatic heterocycles. The molecule has 1 aromatic rings. The highest BCUT2D eigenvalue weighted by molar-refractivity contribution is 7.85. The zero-order chi connectivity index (χ0) is 14.0. The van der Waals surface area contributed by atoms with Crippen molar-refractivity contribution in [3.05, 3.63) is 24.3 Å². The molecule has 4 heteroatoms. The number of methoxy groups -OCH3 is 1. The second-order valence-corrected chi connectivity index (χ2v) is 7.48. The third-order valence-electron chi connectivity index (χ3n) is 4.15. The van der Waals surface area contributed by atoms with Crippen LogP contribution in [0.3, 0.4) is 0 Å². The molecule has 0 spiro atoms. The SMILES string of the molecule is CNC1C(S(=O)c2cccc(OC)c2)CCC1(C)C. The summed E-state index contributed by atoms with van der Waals surface area (Å²) in [7, 11) is 2.61. The van der Waals surface area contributed by atoms with Crippen molar-refractivity contribution in [2.24, 2.45) is 5.41 Å². The van der Waals surface area contributed by atoms with Crippen LogP contribution >= 0.6 is 0 Å². The molecule has 1 aromatic carbocycles. The van der Waals surface area contributed by atoms with Crippen LogP contribution in [0, 0.1) is 5.41 Å². The Hall–Kier alpha value is -0.870. The quantitative estimate of drug-likeness (QED) is 0.922. The number of nitrogens with one attached hydrogen (secondary N) is 1. The normalized spacial score (nSPS) is 27.2. The van der Waals surface area contributed by atoms with E-state index in [2.05, 4.69) is 19.2 Å². The molecule has 0 bridgehead atoms. The fraction of sp³-hybridized carbons (Fsp3) is 0.600. The average Bonchev–Trinajstić information content (AvgIpc) is 2.72. The van der Waals surface area contributed by atoms with Crippen molar-refractivity contribution >= 4 is 10.8 Å². The van der Waals surface area contributed by atoms with Crippen LogP contribution in [0.25, 0.3) is 0 Å². The first-order valence-corrected chi connectivity index (χ1v) is 7.93. The van der Waals surface area contributed by atoms with Crippen molar-refractivity contribution in [2.75, 3.05) is 14.2 Å². The Balaban J connectivity index is 2.24. The summed E-state index contributed by atoms with van der Waals surface area (Å²) in [6, 6.07) is 7.89. The van der Waals surface area contributed by atoms with Gasteiger partial charge in [0.1, 0.15) is 5.75 Å². The van der Waals surface area contributed by atoms with Gasteiger partial charge in [-0.1, -0.05) is 19.9 Å². The van der Waals surface area contributed by atoms with Crippen molar-refractivity contribution < 1.29 is 8.95 Å². The maximum absolute atomic E-state index is 12.8. The standard InChI is InChI=1S/C15H23NO2S/c1-15(2)9-8-13(14(15)16-3)19(17)12-7-5-6-11(10-12)18-4/h5-7,10,13-14,16H,8-9H2,1-4H3. The van der Waals surface area contributed by atoms with Crippen LogP contribution in [0.2, 0.25) is 0 Å². The van der Waals surface area contributed by atoms with E-state index in [4.69, 9.17) is 4.74 Å². The third kappa shape index (κ3) is 2.84. The lowest BCUT2D eigenvalue weighted by Gasteiger charge is -2.30. The molecule has 3 nitrogen and oxygen atoms in total. The fourth-order valence-corrected chi connectivity index (χ4v) is 4.93. The van der Waals surface area contributed by atoms with E-state index in [9.17, 15) is 4.21 Å². The Bertz CT molecular complexity index is 473. The Morgan fingerprint density at radius 2 is 2.16 bits per heavy atom. The minimum atomic E-state index is -0.990. The Kier molecular flexibility index (Phi) is 4.31. The van der Waals surface area contributed by atoms with E-state index >= 15 is 0 Å². The van der Waals surface area contributed by atoms with Crippen LogP contribution in [-0.4, -0.2) is 29.7 Å². The van der Waals surface area contributed by atoms with Gasteiger partial charge in [-0.2, -0.15) is 0 Å². The zero-order valence-electron chi connectivity index (χ0n) is 12.1. The van der Waals surface area contributed by atoms with Crippen molar-refractivity contribution in [3.63, 3.8) is 0 Å². The van der Waals surface area contributed by atoms with Gasteiger partial charge in [-0.05, 0) is 43.5 Å². The van der Waals surface area contributed by atoms with E-state index in [1.165, 1.54) is 0 Å². The van der Waals surface area contributed by atoms with E-state index in [1.54, 1.807) is 7.11 Å². The monoisotopic (exact) mass is 281 g/mol. The van der Waals surface area contributed by atoms with Crippen molar-refractivity contribution in [2.45, 2.75) is 42.9 Å². The highest BCUT2D eigenvalue weighted by atomic mass is 32.2. The topological polar surface area (TPSA) is 38.3 Å². The lowest BCUT2D eigenvalue weighted by Crippen LogP contribution is -2.44. The smallest absolute Gasteiger partial charge is 0.120 e. The first kappa shape index (κ1) is 14.5. The van der Waals surface area contributed by atoms with E-state index < -0.39 is 10.8 Å². The van der Waals surface area contributed by atoms with Crippen LogP contribution in [0.15, 0.2) is 29.2 Å². The van der Waals surface area contributed by atoms with Gasteiger partial charge in [0.05, 0.1) is 23.2 Å². The summed E-state index contributed by atoms with van der Waals surface area (Å²) in [6.45, 7) is 4.49. The minimum absolute atomic E-state index is 0.173. The molecule has 0 aromatic heterocycles. The molecule has 0 saturated heterocycles. The first-order valence-electron chi connectivity index (χ1n) is 6.71. The van der Waals surface area contributed by atoms with Gasteiger partial charge in [-0.3, -0.25) is 4.21 Å². The lowest BCUT2D eigenvalue weighted by molar-refractivity contribution is 0.299. The Morgan fingerprint density at radius 1 is 1.42 bits per heavy atom. The number of benzene rings is 1. The summed E-state index contributed by atoms with van der Waals surface area (Å²) in [5.41, 5.74) is 0.202. The number of ether oxygens (including phenoxy) is 1. The van der Waals surface area contributed by atoms with Crippen LogP contribution in [0.4, 0.5) is 0 Å². The van der Waals surface area contributed by atoms with E-state index in [-0.39, 0.29) is 10.7 Å². The predicted molar refractivity (Wildman–Crippen MR) is 79.1 cm³/mol. The lowest BCUT2D eigenvalue weighted by atomic mass is 9.87. The highest BCUT2D eigenvalue weighted by Crippen LogP contribution is 2.41. The van der Waals surface area contributed by atoms with Gasteiger partial charge < -0.3 is 10.1 Å². The molecule has 0 heterocycles. The van der Waals surface area contributed by atoms with E-state index in [1.807, 2.05) is 31.3 Å². The zero-order valence-corrected chi connectivity index (χ0v) is 12.9. The first-order chi connectivity index (χ1) is 8.99. The summed E-state index contributed by atoms with van der Waals surface area (Å²) in [6.07, 6.45) is 2.11. The molecule has 19 heavy (non-hydrogen) atoms. The number of rotatable bonds is 4. The van der Waals surface area contributed by atoms with Crippen LogP contribution < -0.4 is 10.1 Å². The molecule has 3 atom stereocenters. The van der Waals surface area contributed by atoms with Gasteiger partial charge in [-0.15, -0.1) is 0 Å². The summed E-state index contributed by atoms with van der Waals surface area (Å²) in [5, 5.41) is 3.53. The molecule has 1 aliphatic carbocycles. The number of hydrogen-bond donors (Lipinski definition) is 1. The van der Waals surface area contributed by atoms with Crippen LogP contribution in [0.1, 0.15) is 26.7 Å². The molecule has 0 amide bonds. The summed E-state index contributed by atoms with van der Waals surface area (Å²) in [5.74, 6) is 0.768. The molecule has 1 fully saturated rings. The molecular formula is C15H23NO2S. The van der Waals surface area contributed by atoms with Gasteiger partial charge in [0, 0.05) is 10.9 Å². The van der Waals surface area contributed by atoms with Crippen LogP contribution in [0.5, 0.6) is 5.75 Å². The molecule has 106 valence electrons. The van der Waals surface area contributed by atoms with E-state index in [0.29, 0.717) is 6.04 Å². The molecular weight excluding hydrogens is 258 g/mol. The predicted octanol–water partition coefficient (Wildman–Crippen LogP) is 2.58. The molecule has 1 aliphatic rings. The second kappa shape index (κ2) is 5.63. The molecule has 2 rings (SSSR count). The second-order valence-electron chi connectivity index (χ2n) is 5.81. The van der Waals surface area contributed by atoms with Gasteiger partial charge in [0.2, 0.25) is 0 Å². The average molecular weight is 281 g/mol. The Labute approximate surface area is 118 Å². The molecule has 1 saturated carbocycles. The van der Waals surface area contributed by atoms with Crippen molar-refractivity contribution in [3.8, 4) is 5.75 Å². The largest absolute Gasteiger partial charge is 0.497 e. The third-order valence-corrected chi connectivity index (χ3v) is 5.92. The maximum Gasteiger partial charge on any atom is 0.120 e. The van der Waals surface area contributed by atoms with Gasteiger partial charge in [0.25, 0.3) is 0 Å². The summed E-state index contributed by atoms with van der Waals surface area (Å²) >= 11 is 0. The molecule has 3 unspecified atom stereocenters.